The molecular weight excluding hydrogens is 442 g/mol. The molecule has 7 nitrogen and oxygen atoms in total. The number of benzene rings is 3. The molecule has 0 bridgehead atoms. The van der Waals surface area contributed by atoms with E-state index in [-0.39, 0.29) is 18.9 Å². The number of hydrogen-bond donors (Lipinski definition) is 4. The van der Waals surface area contributed by atoms with E-state index in [4.69, 9.17) is 10.5 Å². The molecule has 0 aliphatic rings. The lowest BCUT2D eigenvalue weighted by molar-refractivity contribution is -0.129. The van der Waals surface area contributed by atoms with Crippen molar-refractivity contribution in [3.63, 3.8) is 0 Å². The summed E-state index contributed by atoms with van der Waals surface area (Å²) in [7, 11) is 1.61. The number of ether oxygens (including phenoxy) is 1. The smallest absolute Gasteiger partial charge is 0.225 e. The van der Waals surface area contributed by atoms with Crippen LogP contribution in [-0.2, 0) is 22.6 Å². The van der Waals surface area contributed by atoms with Crippen molar-refractivity contribution in [3.8, 4) is 5.75 Å². The molecule has 7 heteroatoms. The Balaban J connectivity index is 1.71. The Morgan fingerprint density at radius 1 is 0.943 bits per heavy atom. The number of aliphatic hydroxyl groups excluding tert-OH is 1. The maximum Gasteiger partial charge on any atom is 0.225 e. The molecule has 0 aromatic heterocycles. The van der Waals surface area contributed by atoms with Gasteiger partial charge in [0.05, 0.1) is 19.1 Å². The van der Waals surface area contributed by atoms with Crippen LogP contribution in [0, 0.1) is 11.8 Å². The number of para-hydroxylation sites is 1. The maximum atomic E-state index is 12.7. The van der Waals surface area contributed by atoms with Gasteiger partial charge in [-0.2, -0.15) is 0 Å². The Kier molecular flexibility index (Phi) is 9.83. The number of rotatable bonds is 13. The monoisotopic (exact) mass is 475 g/mol. The van der Waals surface area contributed by atoms with Crippen molar-refractivity contribution in [2.45, 2.75) is 25.5 Å². The zero-order valence-electron chi connectivity index (χ0n) is 19.9. The van der Waals surface area contributed by atoms with Crippen LogP contribution < -0.4 is 21.1 Å². The summed E-state index contributed by atoms with van der Waals surface area (Å²) in [5, 5.41) is 17.2. The molecule has 0 aliphatic carbocycles. The summed E-state index contributed by atoms with van der Waals surface area (Å²) >= 11 is 0. The van der Waals surface area contributed by atoms with E-state index in [1.807, 2.05) is 72.8 Å². The quantitative estimate of drug-likeness (QED) is 0.303. The molecule has 0 spiro atoms. The van der Waals surface area contributed by atoms with Gasteiger partial charge in [0, 0.05) is 31.1 Å². The minimum Gasteiger partial charge on any atom is -0.497 e. The SMILES string of the molecule is COc1cccc(CNC[C@H](O)[C@@H](Cc2ccccc2)C(CC(=O)Nc2ccccc2)C(N)=O)c1. The predicted octanol–water partition coefficient (Wildman–Crippen LogP) is 3.13. The van der Waals surface area contributed by atoms with Gasteiger partial charge in [-0.15, -0.1) is 0 Å². The number of hydrogen-bond acceptors (Lipinski definition) is 5. The molecule has 184 valence electrons. The number of anilines is 1. The molecule has 0 aliphatic heterocycles. The van der Waals surface area contributed by atoms with Gasteiger partial charge in [0.15, 0.2) is 0 Å². The van der Waals surface area contributed by atoms with Gasteiger partial charge in [0.25, 0.3) is 0 Å². The van der Waals surface area contributed by atoms with E-state index in [0.29, 0.717) is 18.7 Å². The van der Waals surface area contributed by atoms with Crippen LogP contribution in [0.1, 0.15) is 17.5 Å². The van der Waals surface area contributed by atoms with Crippen LogP contribution in [0.2, 0.25) is 0 Å². The molecule has 2 amide bonds. The van der Waals surface area contributed by atoms with Crippen molar-refractivity contribution in [2.75, 3.05) is 19.0 Å². The zero-order valence-corrected chi connectivity index (χ0v) is 19.9. The van der Waals surface area contributed by atoms with E-state index >= 15 is 0 Å². The number of nitrogens with two attached hydrogens (primary N) is 1. The van der Waals surface area contributed by atoms with Gasteiger partial charge < -0.3 is 26.2 Å². The summed E-state index contributed by atoms with van der Waals surface area (Å²) in [5.74, 6) is -1.57. The second-order valence-electron chi connectivity index (χ2n) is 8.53. The summed E-state index contributed by atoms with van der Waals surface area (Å²) in [4.78, 5) is 25.2. The third-order valence-corrected chi connectivity index (χ3v) is 5.97. The first kappa shape index (κ1) is 25.9. The van der Waals surface area contributed by atoms with Crippen LogP contribution in [0.25, 0.3) is 0 Å². The highest BCUT2D eigenvalue weighted by Gasteiger charge is 2.34. The van der Waals surface area contributed by atoms with Crippen molar-refractivity contribution < 1.29 is 19.4 Å². The minimum absolute atomic E-state index is 0.116. The molecule has 0 radical (unpaired) electrons. The molecule has 5 N–H and O–H groups in total. The molecule has 35 heavy (non-hydrogen) atoms. The molecule has 0 saturated heterocycles. The number of carbonyl (C=O) groups excluding carboxylic acids is 2. The summed E-state index contributed by atoms with van der Waals surface area (Å²) in [5.41, 5.74) is 8.36. The van der Waals surface area contributed by atoms with Crippen molar-refractivity contribution in [1.82, 2.24) is 5.32 Å². The Labute approximate surface area is 206 Å². The molecule has 0 heterocycles. The number of primary amides is 1. The predicted molar refractivity (Wildman–Crippen MR) is 137 cm³/mol. The Hall–Kier alpha value is -3.68. The topological polar surface area (TPSA) is 114 Å². The van der Waals surface area contributed by atoms with E-state index in [9.17, 15) is 14.7 Å². The highest BCUT2D eigenvalue weighted by Crippen LogP contribution is 2.25. The van der Waals surface area contributed by atoms with Gasteiger partial charge in [-0.1, -0.05) is 60.7 Å². The molecular formula is C28H33N3O4. The third kappa shape index (κ3) is 8.24. The van der Waals surface area contributed by atoms with Crippen LogP contribution in [0.15, 0.2) is 84.9 Å². The molecule has 3 aromatic carbocycles. The summed E-state index contributed by atoms with van der Waals surface area (Å²) in [6.07, 6.45) is -0.605. The molecule has 0 saturated carbocycles. The average Bonchev–Trinajstić information content (AvgIpc) is 2.87. The lowest BCUT2D eigenvalue weighted by atomic mass is 9.80. The van der Waals surface area contributed by atoms with Gasteiger partial charge in [0.2, 0.25) is 11.8 Å². The molecule has 0 fully saturated rings. The average molecular weight is 476 g/mol. The van der Waals surface area contributed by atoms with E-state index in [1.54, 1.807) is 19.2 Å². The largest absolute Gasteiger partial charge is 0.497 e. The lowest BCUT2D eigenvalue weighted by Crippen LogP contribution is -2.43. The third-order valence-electron chi connectivity index (χ3n) is 5.97. The van der Waals surface area contributed by atoms with Crippen molar-refractivity contribution in [1.29, 1.82) is 0 Å². The number of carbonyl (C=O) groups is 2. The first-order chi connectivity index (χ1) is 17.0. The normalized spacial score (nSPS) is 13.4. The Bertz CT molecular complexity index is 1080. The second-order valence-corrected chi connectivity index (χ2v) is 8.53. The summed E-state index contributed by atoms with van der Waals surface area (Å²) < 4.78 is 5.26. The van der Waals surface area contributed by atoms with E-state index in [0.717, 1.165) is 16.9 Å². The van der Waals surface area contributed by atoms with Gasteiger partial charge in [0.1, 0.15) is 5.75 Å². The van der Waals surface area contributed by atoms with Crippen molar-refractivity contribution in [3.05, 3.63) is 96.1 Å². The Morgan fingerprint density at radius 3 is 2.26 bits per heavy atom. The van der Waals surface area contributed by atoms with Crippen molar-refractivity contribution >= 4 is 17.5 Å². The van der Waals surface area contributed by atoms with Crippen LogP contribution in [0.4, 0.5) is 5.69 Å². The first-order valence-electron chi connectivity index (χ1n) is 11.7. The van der Waals surface area contributed by atoms with Gasteiger partial charge in [-0.25, -0.2) is 0 Å². The van der Waals surface area contributed by atoms with E-state index in [1.165, 1.54) is 0 Å². The first-order valence-corrected chi connectivity index (χ1v) is 11.7. The van der Waals surface area contributed by atoms with Crippen LogP contribution in [0.3, 0.4) is 0 Å². The van der Waals surface area contributed by atoms with Crippen LogP contribution in [-0.4, -0.2) is 36.7 Å². The maximum absolute atomic E-state index is 12.7. The summed E-state index contributed by atoms with van der Waals surface area (Å²) in [6, 6.07) is 26.3. The summed E-state index contributed by atoms with van der Waals surface area (Å²) in [6.45, 7) is 0.751. The Morgan fingerprint density at radius 2 is 1.60 bits per heavy atom. The van der Waals surface area contributed by atoms with Gasteiger partial charge in [-0.05, 0) is 41.8 Å². The van der Waals surface area contributed by atoms with Gasteiger partial charge >= 0.3 is 0 Å². The van der Waals surface area contributed by atoms with Crippen molar-refractivity contribution in [2.24, 2.45) is 17.6 Å². The lowest BCUT2D eigenvalue weighted by Gasteiger charge is -2.29. The molecule has 3 rings (SSSR count). The standard InChI is InChI=1S/C28H33N3O4/c1-35-23-14-8-11-21(15-23)18-30-19-26(32)24(16-20-9-4-2-5-10-20)25(28(29)34)17-27(33)31-22-12-6-3-7-13-22/h2-15,24-26,30,32H,16-19H2,1H3,(H2,29,34)(H,31,33)/t24-,25?,26-/m0/s1. The molecule has 3 aromatic rings. The fraction of sp³-hybridized carbons (Fsp3) is 0.286. The number of amides is 2. The van der Waals surface area contributed by atoms with Crippen LogP contribution in [0.5, 0.6) is 5.75 Å². The van der Waals surface area contributed by atoms with Crippen LogP contribution >= 0.6 is 0 Å². The minimum atomic E-state index is -0.900. The molecule has 1 unspecified atom stereocenters. The zero-order chi connectivity index (χ0) is 25.0. The highest BCUT2D eigenvalue weighted by molar-refractivity contribution is 5.93. The number of methoxy groups -OCH3 is 1. The highest BCUT2D eigenvalue weighted by atomic mass is 16.5. The fourth-order valence-electron chi connectivity index (χ4n) is 4.13. The number of aliphatic hydroxyl groups is 1. The van der Waals surface area contributed by atoms with E-state index < -0.39 is 23.8 Å². The van der Waals surface area contributed by atoms with Gasteiger partial charge in [-0.3, -0.25) is 9.59 Å². The second kappa shape index (κ2) is 13.3. The number of nitrogens with one attached hydrogen (secondary N) is 2. The fourth-order valence-corrected chi connectivity index (χ4v) is 4.13. The molecule has 3 atom stereocenters. The van der Waals surface area contributed by atoms with E-state index in [2.05, 4.69) is 10.6 Å².